The molecule has 8 heteroatoms. The summed E-state index contributed by atoms with van der Waals surface area (Å²) in [5.41, 5.74) is 4.42. The van der Waals surface area contributed by atoms with Crippen LogP contribution in [0.5, 0.6) is 11.5 Å². The van der Waals surface area contributed by atoms with Crippen molar-refractivity contribution in [2.24, 2.45) is 5.92 Å². The van der Waals surface area contributed by atoms with Crippen LogP contribution in [0.3, 0.4) is 0 Å². The molecule has 0 saturated carbocycles. The van der Waals surface area contributed by atoms with Crippen molar-refractivity contribution >= 4 is 29.1 Å². The van der Waals surface area contributed by atoms with Crippen LogP contribution in [-0.4, -0.2) is 38.0 Å². The van der Waals surface area contributed by atoms with E-state index in [1.54, 1.807) is 36.3 Å². The molecule has 1 saturated heterocycles. The van der Waals surface area contributed by atoms with E-state index in [0.717, 1.165) is 22.4 Å². The number of carbonyl (C=O) groups is 3. The number of hydrogen-bond donors (Lipinski definition) is 2. The van der Waals surface area contributed by atoms with Crippen LogP contribution in [0, 0.1) is 19.8 Å². The Bertz CT molecular complexity index is 1270. The zero-order valence-electron chi connectivity index (χ0n) is 21.2. The molecule has 2 N–H and O–H groups in total. The van der Waals surface area contributed by atoms with Crippen molar-refractivity contribution in [3.8, 4) is 11.5 Å². The van der Waals surface area contributed by atoms with Gasteiger partial charge in [0.05, 0.1) is 13.0 Å². The minimum Gasteiger partial charge on any atom is -0.496 e. The predicted octanol–water partition coefficient (Wildman–Crippen LogP) is 4.00. The van der Waals surface area contributed by atoms with Gasteiger partial charge in [-0.05, 0) is 67.4 Å². The molecule has 8 nitrogen and oxygen atoms in total. The maximum Gasteiger partial charge on any atom is 0.262 e. The number of hydrogen-bond acceptors (Lipinski definition) is 5. The van der Waals surface area contributed by atoms with Gasteiger partial charge in [0.25, 0.3) is 5.91 Å². The Morgan fingerprint density at radius 1 is 1.00 bits per heavy atom. The molecular weight excluding hydrogens is 470 g/mol. The Labute approximate surface area is 216 Å². The highest BCUT2D eigenvalue weighted by molar-refractivity contribution is 6.00. The molecule has 192 valence electrons. The maximum absolute atomic E-state index is 12.7. The number of nitrogens with zero attached hydrogens (tertiary/aromatic N) is 1. The minimum absolute atomic E-state index is 0.112. The molecule has 1 heterocycles. The molecule has 3 aromatic rings. The van der Waals surface area contributed by atoms with Gasteiger partial charge in [-0.15, -0.1) is 0 Å². The Hall–Kier alpha value is -4.33. The minimum atomic E-state index is -0.438. The molecule has 0 bridgehead atoms. The van der Waals surface area contributed by atoms with E-state index >= 15 is 0 Å². The molecule has 1 fully saturated rings. The lowest BCUT2D eigenvalue weighted by atomic mass is 10.1. The van der Waals surface area contributed by atoms with Crippen LogP contribution in [0.4, 0.5) is 11.4 Å². The van der Waals surface area contributed by atoms with Crippen LogP contribution in [0.1, 0.15) is 23.1 Å². The van der Waals surface area contributed by atoms with E-state index in [2.05, 4.69) is 10.6 Å². The van der Waals surface area contributed by atoms with Gasteiger partial charge in [0, 0.05) is 36.4 Å². The molecule has 0 aliphatic carbocycles. The highest BCUT2D eigenvalue weighted by Crippen LogP contribution is 2.27. The Kier molecular flexibility index (Phi) is 8.08. The second-order valence-electron chi connectivity index (χ2n) is 9.14. The van der Waals surface area contributed by atoms with Crippen LogP contribution in [-0.2, 0) is 20.9 Å². The summed E-state index contributed by atoms with van der Waals surface area (Å²) in [5, 5.41) is 5.75. The van der Waals surface area contributed by atoms with Crippen LogP contribution < -0.4 is 25.0 Å². The van der Waals surface area contributed by atoms with Gasteiger partial charge in [0.15, 0.2) is 6.61 Å². The summed E-state index contributed by atoms with van der Waals surface area (Å²) in [5.74, 6) is 0.238. The summed E-state index contributed by atoms with van der Waals surface area (Å²) < 4.78 is 10.9. The van der Waals surface area contributed by atoms with E-state index < -0.39 is 5.92 Å². The Morgan fingerprint density at radius 2 is 1.70 bits per heavy atom. The molecule has 3 amide bonds. The Balaban J connectivity index is 1.28. The molecule has 1 aliphatic rings. The lowest BCUT2D eigenvalue weighted by Gasteiger charge is -2.17. The average molecular weight is 502 g/mol. The first kappa shape index (κ1) is 25.8. The van der Waals surface area contributed by atoms with Gasteiger partial charge in [-0.3, -0.25) is 14.4 Å². The second-order valence-corrected chi connectivity index (χ2v) is 9.14. The number of para-hydroxylation sites is 1. The van der Waals surface area contributed by atoms with Crippen LogP contribution in [0.25, 0.3) is 0 Å². The predicted molar refractivity (Wildman–Crippen MR) is 142 cm³/mol. The molecular formula is C29H31N3O5. The smallest absolute Gasteiger partial charge is 0.262 e. The molecule has 4 rings (SSSR count). The van der Waals surface area contributed by atoms with Gasteiger partial charge in [0.2, 0.25) is 11.8 Å². The van der Waals surface area contributed by atoms with Gasteiger partial charge < -0.3 is 25.0 Å². The first-order valence-corrected chi connectivity index (χ1v) is 12.1. The van der Waals surface area contributed by atoms with E-state index in [1.807, 2.05) is 56.3 Å². The topological polar surface area (TPSA) is 97.0 Å². The summed E-state index contributed by atoms with van der Waals surface area (Å²) in [6.07, 6.45) is 0.147. The van der Waals surface area contributed by atoms with Crippen LogP contribution >= 0.6 is 0 Å². The van der Waals surface area contributed by atoms with Gasteiger partial charge in [-0.2, -0.15) is 0 Å². The number of aryl methyl sites for hydroxylation is 2. The number of ether oxygens (including phenoxy) is 2. The lowest BCUT2D eigenvalue weighted by Crippen LogP contribution is -2.32. The summed E-state index contributed by atoms with van der Waals surface area (Å²) in [4.78, 5) is 39.2. The van der Waals surface area contributed by atoms with Crippen molar-refractivity contribution in [2.75, 3.05) is 30.5 Å². The first-order chi connectivity index (χ1) is 17.8. The third kappa shape index (κ3) is 6.67. The third-order valence-corrected chi connectivity index (χ3v) is 6.17. The summed E-state index contributed by atoms with van der Waals surface area (Å²) in [6, 6.07) is 20.3. The van der Waals surface area contributed by atoms with Crippen molar-refractivity contribution in [3.63, 3.8) is 0 Å². The van der Waals surface area contributed by atoms with Gasteiger partial charge in [-0.1, -0.05) is 24.3 Å². The van der Waals surface area contributed by atoms with Gasteiger partial charge in [-0.25, -0.2) is 0 Å². The molecule has 0 spiro atoms. The van der Waals surface area contributed by atoms with E-state index in [9.17, 15) is 14.4 Å². The maximum atomic E-state index is 12.7. The number of methoxy groups -OCH3 is 1. The number of rotatable bonds is 9. The van der Waals surface area contributed by atoms with Crippen molar-refractivity contribution in [1.29, 1.82) is 0 Å². The van der Waals surface area contributed by atoms with E-state index in [0.29, 0.717) is 30.3 Å². The second kappa shape index (κ2) is 11.6. The largest absolute Gasteiger partial charge is 0.496 e. The number of benzene rings is 3. The standard InChI is InChI=1S/C29H31N3O5/c1-19-12-20(2)14-23(13-19)31-27(33)18-37-25-10-8-24(9-11-25)32-17-22(15-28(32)34)29(35)30-16-21-6-4-5-7-26(21)36-3/h4-14,22H,15-18H2,1-3H3,(H,30,35)(H,31,33)/t22-/m1/s1. The van der Waals surface area contributed by atoms with Crippen LogP contribution in [0.15, 0.2) is 66.7 Å². The third-order valence-electron chi connectivity index (χ3n) is 6.17. The van der Waals surface area contributed by atoms with Crippen molar-refractivity contribution in [2.45, 2.75) is 26.8 Å². The van der Waals surface area contributed by atoms with E-state index in [4.69, 9.17) is 9.47 Å². The van der Waals surface area contributed by atoms with Gasteiger partial charge >= 0.3 is 0 Å². The van der Waals surface area contributed by atoms with Crippen molar-refractivity contribution in [3.05, 3.63) is 83.4 Å². The number of nitrogens with one attached hydrogen (secondary N) is 2. The number of anilines is 2. The quantitative estimate of drug-likeness (QED) is 0.462. The molecule has 1 aliphatic heterocycles. The van der Waals surface area contributed by atoms with Gasteiger partial charge in [0.1, 0.15) is 11.5 Å². The molecule has 0 aromatic heterocycles. The lowest BCUT2D eigenvalue weighted by molar-refractivity contribution is -0.126. The monoisotopic (exact) mass is 501 g/mol. The molecule has 37 heavy (non-hydrogen) atoms. The Morgan fingerprint density at radius 3 is 2.41 bits per heavy atom. The normalized spacial score (nSPS) is 14.8. The average Bonchev–Trinajstić information content (AvgIpc) is 3.27. The SMILES string of the molecule is COc1ccccc1CNC(=O)[C@@H]1CC(=O)N(c2ccc(OCC(=O)Nc3cc(C)cc(C)c3)cc2)C1. The summed E-state index contributed by atoms with van der Waals surface area (Å²) in [7, 11) is 1.59. The first-order valence-electron chi connectivity index (χ1n) is 12.1. The molecule has 3 aromatic carbocycles. The van der Waals surface area contributed by atoms with E-state index in [-0.39, 0.29) is 30.7 Å². The number of amides is 3. The molecule has 0 unspecified atom stereocenters. The van der Waals surface area contributed by atoms with Crippen molar-refractivity contribution in [1.82, 2.24) is 5.32 Å². The fraction of sp³-hybridized carbons (Fsp3) is 0.276. The highest BCUT2D eigenvalue weighted by Gasteiger charge is 2.35. The fourth-order valence-electron chi connectivity index (χ4n) is 4.42. The fourth-order valence-corrected chi connectivity index (χ4v) is 4.42. The van der Waals surface area contributed by atoms with Crippen LogP contribution in [0.2, 0.25) is 0 Å². The van der Waals surface area contributed by atoms with Crippen molar-refractivity contribution < 1.29 is 23.9 Å². The summed E-state index contributed by atoms with van der Waals surface area (Å²) in [6.45, 7) is 4.44. The highest BCUT2D eigenvalue weighted by atomic mass is 16.5. The molecule has 1 atom stereocenters. The summed E-state index contributed by atoms with van der Waals surface area (Å²) >= 11 is 0. The number of carbonyl (C=O) groups excluding carboxylic acids is 3. The van der Waals surface area contributed by atoms with E-state index in [1.165, 1.54) is 0 Å². The molecule has 0 radical (unpaired) electrons. The zero-order chi connectivity index (χ0) is 26.4. The zero-order valence-corrected chi connectivity index (χ0v) is 21.2.